The fourth-order valence-electron chi connectivity index (χ4n) is 1.83. The number of hydrogen-bond acceptors (Lipinski definition) is 3. The van der Waals surface area contributed by atoms with E-state index in [1.807, 2.05) is 30.5 Å². The van der Waals surface area contributed by atoms with Gasteiger partial charge in [0.05, 0.1) is 5.60 Å². The minimum Gasteiger partial charge on any atom is -0.389 e. The van der Waals surface area contributed by atoms with Gasteiger partial charge >= 0.3 is 0 Å². The number of carbonyl (C=O) groups excluding carboxylic acids is 1. The quantitative estimate of drug-likeness (QED) is 0.890. The Morgan fingerprint density at radius 1 is 1.44 bits per heavy atom. The van der Waals surface area contributed by atoms with Gasteiger partial charge in [-0.25, -0.2) is 0 Å². The average molecular weight is 267 g/mol. The van der Waals surface area contributed by atoms with E-state index in [-0.39, 0.29) is 5.91 Å². The topological polar surface area (TPSA) is 40.5 Å². The Bertz CT molecular complexity index is 413. The van der Waals surface area contributed by atoms with Gasteiger partial charge in [0.2, 0.25) is 0 Å². The predicted octanol–water partition coefficient (Wildman–Crippen LogP) is 2.39. The third-order valence-corrected chi connectivity index (χ3v) is 3.08. The van der Waals surface area contributed by atoms with Crippen molar-refractivity contribution < 1.29 is 9.90 Å². The zero-order chi connectivity index (χ0) is 13.8. The van der Waals surface area contributed by atoms with Crippen LogP contribution >= 0.6 is 11.8 Å². The lowest BCUT2D eigenvalue weighted by Gasteiger charge is -2.25. The van der Waals surface area contributed by atoms with Crippen LogP contribution in [0.2, 0.25) is 0 Å². The molecule has 0 atom stereocenters. The minimum absolute atomic E-state index is 0.0555. The van der Waals surface area contributed by atoms with Crippen LogP contribution in [-0.2, 0) is 5.75 Å². The molecule has 1 rings (SSSR count). The fraction of sp³-hybridized carbons (Fsp3) is 0.500. The van der Waals surface area contributed by atoms with Crippen LogP contribution in [0, 0.1) is 0 Å². The van der Waals surface area contributed by atoms with E-state index in [1.165, 1.54) is 0 Å². The van der Waals surface area contributed by atoms with E-state index in [1.54, 1.807) is 37.6 Å². The van der Waals surface area contributed by atoms with Crippen LogP contribution in [0.5, 0.6) is 0 Å². The summed E-state index contributed by atoms with van der Waals surface area (Å²) in [5.74, 6) is 0.844. The zero-order valence-corrected chi connectivity index (χ0v) is 12.3. The van der Waals surface area contributed by atoms with Crippen molar-refractivity contribution in [2.45, 2.75) is 25.2 Å². The number of nitrogens with zero attached hydrogens (tertiary/aromatic N) is 1. The number of aliphatic hydroxyl groups is 1. The van der Waals surface area contributed by atoms with Crippen molar-refractivity contribution in [3.05, 3.63) is 35.4 Å². The lowest BCUT2D eigenvalue weighted by molar-refractivity contribution is 0.0368. The molecular weight excluding hydrogens is 246 g/mol. The lowest BCUT2D eigenvalue weighted by Crippen LogP contribution is -2.39. The molecule has 1 aromatic carbocycles. The van der Waals surface area contributed by atoms with Gasteiger partial charge in [-0.2, -0.15) is 11.8 Å². The predicted molar refractivity (Wildman–Crippen MR) is 76.9 cm³/mol. The minimum atomic E-state index is -0.874. The van der Waals surface area contributed by atoms with Crippen molar-refractivity contribution in [2.24, 2.45) is 0 Å². The summed E-state index contributed by atoms with van der Waals surface area (Å²) in [5.41, 5.74) is 0.944. The maximum atomic E-state index is 12.2. The first-order valence-corrected chi connectivity index (χ1v) is 7.28. The molecule has 0 radical (unpaired) electrons. The van der Waals surface area contributed by atoms with Gasteiger partial charge in [0.15, 0.2) is 0 Å². The van der Waals surface area contributed by atoms with Crippen LogP contribution in [-0.4, -0.2) is 41.4 Å². The molecule has 0 saturated heterocycles. The van der Waals surface area contributed by atoms with E-state index in [0.717, 1.165) is 11.3 Å². The standard InChI is InChI=1S/C14H21NO2S/c1-14(2,17)10-15(3)13(16)12-7-5-6-11(8-12)9-18-4/h5-8,17H,9-10H2,1-4H3. The summed E-state index contributed by atoms with van der Waals surface area (Å²) < 4.78 is 0. The van der Waals surface area contributed by atoms with Gasteiger partial charge < -0.3 is 10.0 Å². The smallest absolute Gasteiger partial charge is 0.253 e. The third kappa shape index (κ3) is 4.70. The molecule has 0 saturated carbocycles. The number of carbonyl (C=O) groups is 1. The van der Waals surface area contributed by atoms with Crippen LogP contribution in [0.3, 0.4) is 0 Å². The summed E-state index contributed by atoms with van der Waals surface area (Å²) in [6, 6.07) is 7.65. The van der Waals surface area contributed by atoms with Crippen molar-refractivity contribution in [3.63, 3.8) is 0 Å². The molecule has 0 unspecified atom stereocenters. The van der Waals surface area contributed by atoms with Gasteiger partial charge in [-0.05, 0) is 37.8 Å². The number of rotatable bonds is 5. The van der Waals surface area contributed by atoms with Crippen LogP contribution in [0.1, 0.15) is 29.8 Å². The Balaban J connectivity index is 2.80. The molecule has 0 aliphatic heterocycles. The number of benzene rings is 1. The third-order valence-electron chi connectivity index (χ3n) is 2.46. The Hall–Kier alpha value is -1.00. The average Bonchev–Trinajstić information content (AvgIpc) is 2.26. The summed E-state index contributed by atoms with van der Waals surface area (Å²) in [5, 5.41) is 9.73. The van der Waals surface area contributed by atoms with Crippen molar-refractivity contribution in [1.29, 1.82) is 0 Å². The molecule has 0 fully saturated rings. The summed E-state index contributed by atoms with van der Waals surface area (Å²) in [4.78, 5) is 13.7. The first-order valence-electron chi connectivity index (χ1n) is 5.89. The number of hydrogen-bond donors (Lipinski definition) is 1. The molecule has 0 aromatic heterocycles. The highest BCUT2D eigenvalue weighted by atomic mass is 32.2. The van der Waals surface area contributed by atoms with E-state index in [4.69, 9.17) is 0 Å². The Labute approximate surface area is 113 Å². The second kappa shape index (κ2) is 6.25. The number of thioether (sulfide) groups is 1. The molecule has 0 aliphatic rings. The van der Waals surface area contributed by atoms with Gasteiger partial charge in [0.1, 0.15) is 0 Å². The zero-order valence-electron chi connectivity index (χ0n) is 11.4. The summed E-state index contributed by atoms with van der Waals surface area (Å²) in [6.07, 6.45) is 2.04. The van der Waals surface area contributed by atoms with Crippen LogP contribution in [0.4, 0.5) is 0 Å². The second-order valence-electron chi connectivity index (χ2n) is 5.11. The molecule has 4 heteroatoms. The highest BCUT2D eigenvalue weighted by molar-refractivity contribution is 7.97. The highest BCUT2D eigenvalue weighted by Crippen LogP contribution is 2.14. The molecule has 1 aromatic rings. The molecule has 18 heavy (non-hydrogen) atoms. The SMILES string of the molecule is CSCc1cccc(C(=O)N(C)CC(C)(C)O)c1. The summed E-state index contributed by atoms with van der Waals surface area (Å²) in [6.45, 7) is 3.71. The lowest BCUT2D eigenvalue weighted by atomic mass is 10.1. The van der Waals surface area contributed by atoms with Crippen LogP contribution in [0.15, 0.2) is 24.3 Å². The van der Waals surface area contributed by atoms with Gasteiger partial charge in [0, 0.05) is 24.9 Å². The van der Waals surface area contributed by atoms with Crippen LogP contribution < -0.4 is 0 Å². The maximum Gasteiger partial charge on any atom is 0.253 e. The van der Waals surface area contributed by atoms with Gasteiger partial charge in [-0.3, -0.25) is 4.79 Å². The molecule has 0 spiro atoms. The number of amides is 1. The Kier molecular flexibility index (Phi) is 5.23. The molecule has 1 amide bonds. The van der Waals surface area contributed by atoms with Crippen molar-refractivity contribution in [2.75, 3.05) is 19.8 Å². The second-order valence-corrected chi connectivity index (χ2v) is 5.97. The summed E-state index contributed by atoms with van der Waals surface area (Å²) >= 11 is 1.73. The first-order chi connectivity index (χ1) is 8.33. The Morgan fingerprint density at radius 3 is 2.67 bits per heavy atom. The maximum absolute atomic E-state index is 12.2. The molecule has 3 nitrogen and oxygen atoms in total. The van der Waals surface area contributed by atoms with Gasteiger partial charge in [-0.1, -0.05) is 12.1 Å². The summed E-state index contributed by atoms with van der Waals surface area (Å²) in [7, 11) is 1.71. The molecule has 1 N–H and O–H groups in total. The van der Waals surface area contributed by atoms with E-state index in [9.17, 15) is 9.90 Å². The van der Waals surface area contributed by atoms with Gasteiger partial charge in [-0.15, -0.1) is 0 Å². The molecule has 0 bridgehead atoms. The first kappa shape index (κ1) is 15.1. The van der Waals surface area contributed by atoms with Crippen molar-refractivity contribution >= 4 is 17.7 Å². The monoisotopic (exact) mass is 267 g/mol. The van der Waals surface area contributed by atoms with E-state index < -0.39 is 5.60 Å². The number of likely N-dealkylation sites (N-methyl/N-ethyl adjacent to an activating group) is 1. The van der Waals surface area contributed by atoms with E-state index in [0.29, 0.717) is 12.1 Å². The van der Waals surface area contributed by atoms with Crippen molar-refractivity contribution in [1.82, 2.24) is 4.90 Å². The largest absolute Gasteiger partial charge is 0.389 e. The highest BCUT2D eigenvalue weighted by Gasteiger charge is 2.20. The molecular formula is C14H21NO2S. The van der Waals surface area contributed by atoms with E-state index >= 15 is 0 Å². The normalized spacial score (nSPS) is 11.4. The van der Waals surface area contributed by atoms with E-state index in [2.05, 4.69) is 0 Å². The van der Waals surface area contributed by atoms with Crippen LogP contribution in [0.25, 0.3) is 0 Å². The molecule has 0 heterocycles. The Morgan fingerprint density at radius 2 is 2.11 bits per heavy atom. The fourth-order valence-corrected chi connectivity index (χ4v) is 2.35. The van der Waals surface area contributed by atoms with Crippen molar-refractivity contribution in [3.8, 4) is 0 Å². The van der Waals surface area contributed by atoms with Gasteiger partial charge in [0.25, 0.3) is 5.91 Å². The molecule has 100 valence electrons. The molecule has 0 aliphatic carbocycles.